The van der Waals surface area contributed by atoms with Crippen molar-refractivity contribution in [2.45, 2.75) is 6.54 Å². The summed E-state index contributed by atoms with van der Waals surface area (Å²) in [4.78, 5) is 0. The Balaban J connectivity index is 2.35. The van der Waals surface area contributed by atoms with Gasteiger partial charge in [0, 0.05) is 16.1 Å². The van der Waals surface area contributed by atoms with Crippen LogP contribution in [-0.2, 0) is 6.54 Å². The highest BCUT2D eigenvalue weighted by atomic mass is 79.9. The van der Waals surface area contributed by atoms with E-state index >= 15 is 0 Å². The van der Waals surface area contributed by atoms with E-state index in [-0.39, 0.29) is 0 Å². The second kappa shape index (κ2) is 5.54. The van der Waals surface area contributed by atoms with Crippen molar-refractivity contribution in [3.8, 4) is 5.75 Å². The highest BCUT2D eigenvalue weighted by Crippen LogP contribution is 2.25. The third kappa shape index (κ3) is 3.11. The number of benzene rings is 1. The molecule has 2 aromatic rings. The molecule has 2 rings (SSSR count). The van der Waals surface area contributed by atoms with Gasteiger partial charge in [-0.1, -0.05) is 15.9 Å². The smallest absolute Gasteiger partial charge is 0.129 e. The average molecular weight is 425 g/mol. The van der Waals surface area contributed by atoms with Crippen LogP contribution in [0.5, 0.6) is 5.75 Å². The van der Waals surface area contributed by atoms with Crippen LogP contribution in [-0.4, -0.2) is 16.9 Å². The van der Waals surface area contributed by atoms with Crippen molar-refractivity contribution in [3.05, 3.63) is 43.5 Å². The van der Waals surface area contributed by atoms with Crippen molar-refractivity contribution in [1.29, 1.82) is 0 Å². The van der Waals surface area contributed by atoms with E-state index in [1.165, 1.54) is 0 Å². The molecular formula is C11H9Br3N2O. The van der Waals surface area contributed by atoms with Gasteiger partial charge < -0.3 is 4.74 Å². The monoisotopic (exact) mass is 422 g/mol. The standard InChI is InChI=1S/C11H9Br3N2O/c1-17-9-3-2-8(12)4-7(9)6-16-11(14)5-10(13)15-16/h2-5H,6H2,1H3. The lowest BCUT2D eigenvalue weighted by Crippen LogP contribution is -2.03. The third-order valence-corrected chi connectivity index (χ3v) is 3.78. The van der Waals surface area contributed by atoms with Crippen LogP contribution in [0.1, 0.15) is 5.56 Å². The molecule has 0 fully saturated rings. The van der Waals surface area contributed by atoms with Crippen LogP contribution >= 0.6 is 47.8 Å². The molecule has 1 heterocycles. The maximum atomic E-state index is 5.33. The number of nitrogens with zero attached hydrogens (tertiary/aromatic N) is 2. The van der Waals surface area contributed by atoms with Crippen LogP contribution < -0.4 is 4.74 Å². The van der Waals surface area contributed by atoms with Gasteiger partial charge in [-0.3, -0.25) is 4.68 Å². The maximum absolute atomic E-state index is 5.33. The number of hydrogen-bond donors (Lipinski definition) is 0. The number of ether oxygens (including phenoxy) is 1. The van der Waals surface area contributed by atoms with Gasteiger partial charge in [0.15, 0.2) is 0 Å². The van der Waals surface area contributed by atoms with Gasteiger partial charge in [0.2, 0.25) is 0 Å². The fraction of sp³-hybridized carbons (Fsp3) is 0.182. The normalized spacial score (nSPS) is 10.6. The van der Waals surface area contributed by atoms with E-state index in [1.54, 1.807) is 7.11 Å². The van der Waals surface area contributed by atoms with E-state index in [4.69, 9.17) is 4.74 Å². The molecule has 0 aliphatic carbocycles. The molecule has 0 aliphatic rings. The van der Waals surface area contributed by atoms with Crippen molar-refractivity contribution >= 4 is 47.8 Å². The molecule has 0 amide bonds. The first-order chi connectivity index (χ1) is 8.10. The molecule has 1 aromatic heterocycles. The lowest BCUT2D eigenvalue weighted by molar-refractivity contribution is 0.407. The molecule has 0 atom stereocenters. The third-order valence-electron chi connectivity index (χ3n) is 2.26. The Bertz CT molecular complexity index is 540. The van der Waals surface area contributed by atoms with E-state index in [2.05, 4.69) is 52.9 Å². The number of aromatic nitrogens is 2. The molecule has 0 radical (unpaired) electrons. The van der Waals surface area contributed by atoms with E-state index in [0.29, 0.717) is 6.54 Å². The SMILES string of the molecule is COc1ccc(Br)cc1Cn1nc(Br)cc1Br. The minimum atomic E-state index is 0.648. The molecule has 6 heteroatoms. The lowest BCUT2D eigenvalue weighted by Gasteiger charge is -2.09. The summed E-state index contributed by atoms with van der Waals surface area (Å²) in [6.07, 6.45) is 0. The van der Waals surface area contributed by atoms with Crippen molar-refractivity contribution in [2.75, 3.05) is 7.11 Å². The van der Waals surface area contributed by atoms with Gasteiger partial charge in [0.25, 0.3) is 0 Å². The summed E-state index contributed by atoms with van der Waals surface area (Å²) in [5.41, 5.74) is 1.07. The predicted molar refractivity (Wildman–Crippen MR) is 77.4 cm³/mol. The minimum Gasteiger partial charge on any atom is -0.496 e. The Morgan fingerprint density at radius 3 is 2.59 bits per heavy atom. The van der Waals surface area contributed by atoms with Crippen molar-refractivity contribution < 1.29 is 4.74 Å². The fourth-order valence-electron chi connectivity index (χ4n) is 1.51. The lowest BCUT2D eigenvalue weighted by atomic mass is 10.2. The van der Waals surface area contributed by atoms with Gasteiger partial charge in [0.05, 0.1) is 13.7 Å². The first-order valence-corrected chi connectivity index (χ1v) is 7.19. The Hall–Kier alpha value is -0.330. The quantitative estimate of drug-likeness (QED) is 0.737. The van der Waals surface area contributed by atoms with Crippen molar-refractivity contribution in [1.82, 2.24) is 9.78 Å². The minimum absolute atomic E-state index is 0.648. The molecule has 90 valence electrons. The van der Waals surface area contributed by atoms with Crippen LogP contribution in [0.2, 0.25) is 0 Å². The summed E-state index contributed by atoms with van der Waals surface area (Å²) in [6, 6.07) is 7.83. The van der Waals surface area contributed by atoms with Crippen LogP contribution in [0.4, 0.5) is 0 Å². The maximum Gasteiger partial charge on any atom is 0.129 e. The summed E-state index contributed by atoms with van der Waals surface area (Å²) in [6.45, 7) is 0.648. The summed E-state index contributed by atoms with van der Waals surface area (Å²) in [5, 5.41) is 4.33. The zero-order valence-electron chi connectivity index (χ0n) is 8.95. The molecule has 17 heavy (non-hydrogen) atoms. The largest absolute Gasteiger partial charge is 0.496 e. The molecular weight excluding hydrogens is 416 g/mol. The predicted octanol–water partition coefficient (Wildman–Crippen LogP) is 4.23. The van der Waals surface area contributed by atoms with E-state index in [9.17, 15) is 0 Å². The zero-order valence-corrected chi connectivity index (χ0v) is 13.7. The summed E-state index contributed by atoms with van der Waals surface area (Å²) in [5.74, 6) is 0.853. The number of halogens is 3. The average Bonchev–Trinajstić information content (AvgIpc) is 2.58. The number of rotatable bonds is 3. The molecule has 1 aromatic carbocycles. The van der Waals surface area contributed by atoms with Crippen LogP contribution in [0, 0.1) is 0 Å². The highest BCUT2D eigenvalue weighted by Gasteiger charge is 2.08. The highest BCUT2D eigenvalue weighted by molar-refractivity contribution is 9.11. The van der Waals surface area contributed by atoms with E-state index in [0.717, 1.165) is 25.0 Å². The molecule has 0 N–H and O–H groups in total. The van der Waals surface area contributed by atoms with Gasteiger partial charge in [-0.05, 0) is 50.1 Å². The van der Waals surface area contributed by atoms with E-state index in [1.807, 2.05) is 28.9 Å². The molecule has 0 aliphatic heterocycles. The van der Waals surface area contributed by atoms with Crippen LogP contribution in [0.15, 0.2) is 37.9 Å². The van der Waals surface area contributed by atoms with Crippen LogP contribution in [0.25, 0.3) is 0 Å². The Morgan fingerprint density at radius 2 is 2.00 bits per heavy atom. The molecule has 0 spiro atoms. The van der Waals surface area contributed by atoms with Crippen molar-refractivity contribution in [2.24, 2.45) is 0 Å². The van der Waals surface area contributed by atoms with Crippen LogP contribution in [0.3, 0.4) is 0 Å². The van der Waals surface area contributed by atoms with Gasteiger partial charge in [-0.25, -0.2) is 0 Å². The summed E-state index contributed by atoms with van der Waals surface area (Å²) >= 11 is 10.3. The topological polar surface area (TPSA) is 27.1 Å². The first-order valence-electron chi connectivity index (χ1n) is 4.81. The molecule has 3 nitrogen and oxygen atoms in total. The number of hydrogen-bond acceptors (Lipinski definition) is 2. The molecule has 0 unspecified atom stereocenters. The van der Waals surface area contributed by atoms with Gasteiger partial charge in [-0.15, -0.1) is 0 Å². The number of methoxy groups -OCH3 is 1. The van der Waals surface area contributed by atoms with E-state index < -0.39 is 0 Å². The Kier molecular flexibility index (Phi) is 4.27. The van der Waals surface area contributed by atoms with Gasteiger partial charge in [-0.2, -0.15) is 5.10 Å². The fourth-order valence-corrected chi connectivity index (χ4v) is 3.05. The van der Waals surface area contributed by atoms with Crippen molar-refractivity contribution in [3.63, 3.8) is 0 Å². The zero-order chi connectivity index (χ0) is 12.4. The Labute approximate surface area is 125 Å². The summed E-state index contributed by atoms with van der Waals surface area (Å²) < 4.78 is 9.94. The molecule has 0 saturated carbocycles. The first kappa shape index (κ1) is 13.1. The van der Waals surface area contributed by atoms with Gasteiger partial charge in [0.1, 0.15) is 15.0 Å². The molecule has 0 bridgehead atoms. The summed E-state index contributed by atoms with van der Waals surface area (Å²) in [7, 11) is 1.67. The molecule has 0 saturated heterocycles. The second-order valence-electron chi connectivity index (χ2n) is 3.40. The second-order valence-corrected chi connectivity index (χ2v) is 5.94. The Morgan fingerprint density at radius 1 is 1.24 bits per heavy atom. The van der Waals surface area contributed by atoms with Gasteiger partial charge >= 0.3 is 0 Å².